The van der Waals surface area contributed by atoms with Crippen molar-refractivity contribution in [2.75, 3.05) is 11.9 Å². The highest BCUT2D eigenvalue weighted by molar-refractivity contribution is 5.91. The number of amides is 1. The minimum atomic E-state index is -0.888. The Morgan fingerprint density at radius 2 is 1.80 bits per heavy atom. The lowest BCUT2D eigenvalue weighted by molar-refractivity contribution is -0.121. The molecule has 2 aromatic rings. The van der Waals surface area contributed by atoms with Gasteiger partial charge in [-0.15, -0.1) is 0 Å². The molecule has 0 saturated carbocycles. The largest absolute Gasteiger partial charge is 0.383 e. The second-order valence-electron chi connectivity index (χ2n) is 6.98. The summed E-state index contributed by atoms with van der Waals surface area (Å²) in [5, 5.41) is 14.0. The topological polar surface area (TPSA) is 78.4 Å². The van der Waals surface area contributed by atoms with Gasteiger partial charge in [-0.2, -0.15) is 0 Å². The molecule has 6 nitrogen and oxygen atoms in total. The van der Waals surface area contributed by atoms with Crippen LogP contribution in [0.4, 0.5) is 5.82 Å². The molecule has 2 bridgehead atoms. The summed E-state index contributed by atoms with van der Waals surface area (Å²) >= 11 is 0. The van der Waals surface area contributed by atoms with Crippen LogP contribution in [0.1, 0.15) is 31.4 Å². The SMILES string of the molecule is O=C(CN1C2CCC1CC(O)(c1ccccn1)C2)Nc1ccccn1. The predicted molar refractivity (Wildman–Crippen MR) is 93.8 cm³/mol. The van der Waals surface area contributed by atoms with E-state index in [-0.39, 0.29) is 18.0 Å². The molecule has 6 heteroatoms. The predicted octanol–water partition coefficient (Wildman–Crippen LogP) is 1.93. The molecule has 0 spiro atoms. The standard InChI is InChI=1S/C19H22N4O2/c24-18(22-17-6-2-4-10-21-17)13-23-14-7-8-15(23)12-19(25,11-14)16-5-1-3-9-20-16/h1-6,9-10,14-15,25H,7-8,11-13H2,(H,21,22,24). The number of carbonyl (C=O) groups excluding carboxylic acids is 1. The number of nitrogens with zero attached hydrogens (tertiary/aromatic N) is 3. The summed E-state index contributed by atoms with van der Waals surface area (Å²) in [6.45, 7) is 0.338. The van der Waals surface area contributed by atoms with Gasteiger partial charge in [0.2, 0.25) is 5.91 Å². The van der Waals surface area contributed by atoms with Crippen LogP contribution >= 0.6 is 0 Å². The zero-order valence-electron chi connectivity index (χ0n) is 14.0. The molecule has 2 saturated heterocycles. The van der Waals surface area contributed by atoms with Gasteiger partial charge in [-0.25, -0.2) is 4.98 Å². The molecule has 1 amide bonds. The molecule has 25 heavy (non-hydrogen) atoms. The maximum Gasteiger partial charge on any atom is 0.239 e. The quantitative estimate of drug-likeness (QED) is 0.891. The van der Waals surface area contributed by atoms with E-state index in [1.54, 1.807) is 18.5 Å². The summed E-state index contributed by atoms with van der Waals surface area (Å²) in [5.41, 5.74) is -0.148. The number of hydrogen-bond acceptors (Lipinski definition) is 5. The Kier molecular flexibility index (Phi) is 4.23. The molecule has 4 rings (SSSR count). The van der Waals surface area contributed by atoms with Crippen molar-refractivity contribution in [1.29, 1.82) is 0 Å². The van der Waals surface area contributed by atoms with Crippen molar-refractivity contribution in [2.45, 2.75) is 43.4 Å². The van der Waals surface area contributed by atoms with Crippen molar-refractivity contribution in [3.8, 4) is 0 Å². The van der Waals surface area contributed by atoms with Crippen LogP contribution in [0.5, 0.6) is 0 Å². The van der Waals surface area contributed by atoms with Gasteiger partial charge >= 0.3 is 0 Å². The Morgan fingerprint density at radius 1 is 1.12 bits per heavy atom. The zero-order valence-corrected chi connectivity index (χ0v) is 14.0. The number of fused-ring (bicyclic) bond motifs is 2. The normalized spacial score (nSPS) is 28.7. The summed E-state index contributed by atoms with van der Waals surface area (Å²) in [5.74, 6) is 0.515. The molecule has 2 fully saturated rings. The van der Waals surface area contributed by atoms with Crippen LogP contribution in [0.2, 0.25) is 0 Å². The van der Waals surface area contributed by atoms with Crippen LogP contribution in [0.15, 0.2) is 48.8 Å². The third-order valence-electron chi connectivity index (χ3n) is 5.32. The van der Waals surface area contributed by atoms with Crippen molar-refractivity contribution in [3.63, 3.8) is 0 Å². The number of aromatic nitrogens is 2. The Balaban J connectivity index is 1.43. The Bertz CT molecular complexity index is 724. The van der Waals surface area contributed by atoms with E-state index in [0.29, 0.717) is 25.2 Å². The van der Waals surface area contributed by atoms with Crippen molar-refractivity contribution in [2.24, 2.45) is 0 Å². The molecule has 0 aliphatic carbocycles. The van der Waals surface area contributed by atoms with E-state index in [9.17, 15) is 9.90 Å². The maximum absolute atomic E-state index is 12.4. The van der Waals surface area contributed by atoms with Gasteiger partial charge in [0.05, 0.1) is 12.2 Å². The van der Waals surface area contributed by atoms with Gasteiger partial charge in [0.1, 0.15) is 11.4 Å². The molecule has 2 atom stereocenters. The van der Waals surface area contributed by atoms with E-state index >= 15 is 0 Å². The molecule has 4 heterocycles. The Morgan fingerprint density at radius 3 is 2.40 bits per heavy atom. The van der Waals surface area contributed by atoms with Crippen LogP contribution in [0, 0.1) is 0 Å². The highest BCUT2D eigenvalue weighted by atomic mass is 16.3. The first-order valence-electron chi connectivity index (χ1n) is 8.74. The highest BCUT2D eigenvalue weighted by Crippen LogP contribution is 2.44. The molecule has 2 aromatic heterocycles. The number of aliphatic hydroxyl groups is 1. The monoisotopic (exact) mass is 338 g/mol. The highest BCUT2D eigenvalue weighted by Gasteiger charge is 2.49. The summed E-state index contributed by atoms with van der Waals surface area (Å²) in [6, 6.07) is 11.5. The fourth-order valence-electron chi connectivity index (χ4n) is 4.21. The van der Waals surface area contributed by atoms with Crippen LogP contribution in [-0.4, -0.2) is 44.5 Å². The smallest absolute Gasteiger partial charge is 0.239 e. The van der Waals surface area contributed by atoms with Gasteiger partial charge in [-0.05, 0) is 49.9 Å². The second kappa shape index (κ2) is 6.54. The summed E-state index contributed by atoms with van der Waals surface area (Å²) in [6.07, 6.45) is 6.65. The number of nitrogens with one attached hydrogen (secondary N) is 1. The van der Waals surface area contributed by atoms with Gasteiger partial charge in [0.25, 0.3) is 0 Å². The molecule has 0 radical (unpaired) electrons. The average Bonchev–Trinajstić information content (AvgIpc) is 2.87. The number of anilines is 1. The molecule has 2 aliphatic heterocycles. The van der Waals surface area contributed by atoms with Crippen LogP contribution < -0.4 is 5.32 Å². The van der Waals surface area contributed by atoms with E-state index in [1.807, 2.05) is 30.3 Å². The van der Waals surface area contributed by atoms with Crippen molar-refractivity contribution >= 4 is 11.7 Å². The van der Waals surface area contributed by atoms with Crippen molar-refractivity contribution in [1.82, 2.24) is 14.9 Å². The van der Waals surface area contributed by atoms with Crippen molar-refractivity contribution in [3.05, 3.63) is 54.5 Å². The molecule has 2 aliphatic rings. The van der Waals surface area contributed by atoms with Gasteiger partial charge in [-0.1, -0.05) is 12.1 Å². The first-order chi connectivity index (χ1) is 12.1. The maximum atomic E-state index is 12.4. The zero-order chi connectivity index (χ0) is 17.3. The van der Waals surface area contributed by atoms with E-state index in [4.69, 9.17) is 0 Å². The van der Waals surface area contributed by atoms with Gasteiger partial charge in [-0.3, -0.25) is 14.7 Å². The molecule has 2 unspecified atom stereocenters. The van der Waals surface area contributed by atoms with Crippen LogP contribution in [0.25, 0.3) is 0 Å². The molecule has 2 N–H and O–H groups in total. The number of carbonyl (C=O) groups is 1. The fourth-order valence-corrected chi connectivity index (χ4v) is 4.21. The van der Waals surface area contributed by atoms with E-state index in [0.717, 1.165) is 18.5 Å². The number of rotatable bonds is 4. The molecular formula is C19H22N4O2. The van der Waals surface area contributed by atoms with Crippen LogP contribution in [0.3, 0.4) is 0 Å². The number of pyridine rings is 2. The summed E-state index contributed by atoms with van der Waals surface area (Å²) in [7, 11) is 0. The van der Waals surface area contributed by atoms with E-state index < -0.39 is 5.60 Å². The summed E-state index contributed by atoms with van der Waals surface area (Å²) in [4.78, 5) is 23.1. The van der Waals surface area contributed by atoms with Crippen molar-refractivity contribution < 1.29 is 9.90 Å². The third-order valence-corrected chi connectivity index (χ3v) is 5.32. The fraction of sp³-hybridized carbons (Fsp3) is 0.421. The van der Waals surface area contributed by atoms with Gasteiger partial charge in [0, 0.05) is 24.5 Å². The third kappa shape index (κ3) is 3.27. The lowest BCUT2D eigenvalue weighted by Gasteiger charge is -2.43. The average molecular weight is 338 g/mol. The second-order valence-corrected chi connectivity index (χ2v) is 6.98. The Hall–Kier alpha value is -2.31. The van der Waals surface area contributed by atoms with E-state index in [1.165, 1.54) is 0 Å². The first kappa shape index (κ1) is 16.2. The number of hydrogen-bond donors (Lipinski definition) is 2. The molecule has 0 aromatic carbocycles. The molecule has 130 valence electrons. The number of piperidine rings is 1. The van der Waals surface area contributed by atoms with Gasteiger partial charge in [0.15, 0.2) is 0 Å². The Labute approximate surface area is 146 Å². The minimum Gasteiger partial charge on any atom is -0.383 e. The lowest BCUT2D eigenvalue weighted by atomic mass is 9.83. The lowest BCUT2D eigenvalue weighted by Crippen LogP contribution is -2.52. The van der Waals surface area contributed by atoms with Gasteiger partial charge < -0.3 is 10.4 Å². The first-order valence-corrected chi connectivity index (χ1v) is 8.74. The summed E-state index contributed by atoms with van der Waals surface area (Å²) < 4.78 is 0. The minimum absolute atomic E-state index is 0.0566. The van der Waals surface area contributed by atoms with E-state index in [2.05, 4.69) is 20.2 Å². The molecular weight excluding hydrogens is 316 g/mol. The van der Waals surface area contributed by atoms with Crippen LogP contribution in [-0.2, 0) is 10.4 Å².